The van der Waals surface area contributed by atoms with Crippen molar-refractivity contribution in [1.29, 1.82) is 0 Å². The fourth-order valence-corrected chi connectivity index (χ4v) is 2.17. The Balaban J connectivity index is 2.31. The van der Waals surface area contributed by atoms with Gasteiger partial charge in [-0.15, -0.1) is 0 Å². The normalized spacial score (nSPS) is 20.1. The van der Waals surface area contributed by atoms with Crippen molar-refractivity contribution in [3.05, 3.63) is 0 Å². The standard InChI is InChI=1S/C14H27NO3/c1-11(2)17-9-7-14(16)15-8-5-6-13(15)10-18-12(3)4/h11-13H,5-10H2,1-4H3. The number of amides is 1. The van der Waals surface area contributed by atoms with E-state index >= 15 is 0 Å². The van der Waals surface area contributed by atoms with E-state index in [1.54, 1.807) is 0 Å². The molecule has 0 saturated carbocycles. The number of ether oxygens (including phenoxy) is 2. The molecule has 1 heterocycles. The molecule has 4 heteroatoms. The summed E-state index contributed by atoms with van der Waals surface area (Å²) in [5.74, 6) is 0.200. The topological polar surface area (TPSA) is 38.8 Å². The first kappa shape index (κ1) is 15.4. The number of hydrogen-bond donors (Lipinski definition) is 0. The van der Waals surface area contributed by atoms with Gasteiger partial charge in [0.25, 0.3) is 0 Å². The maximum atomic E-state index is 12.1. The van der Waals surface area contributed by atoms with Gasteiger partial charge in [-0.1, -0.05) is 0 Å². The quantitative estimate of drug-likeness (QED) is 0.702. The molecule has 0 bridgehead atoms. The highest BCUT2D eigenvalue weighted by atomic mass is 16.5. The Kier molecular flexibility index (Phi) is 6.65. The predicted molar refractivity (Wildman–Crippen MR) is 71.5 cm³/mol. The van der Waals surface area contributed by atoms with E-state index in [1.165, 1.54) is 0 Å². The van der Waals surface area contributed by atoms with Gasteiger partial charge in [0, 0.05) is 6.54 Å². The summed E-state index contributed by atoms with van der Waals surface area (Å²) < 4.78 is 11.1. The Hall–Kier alpha value is -0.610. The SMILES string of the molecule is CC(C)OCCC(=O)N1CCCC1COC(C)C. The molecule has 1 unspecified atom stereocenters. The minimum Gasteiger partial charge on any atom is -0.378 e. The third kappa shape index (κ3) is 5.36. The average molecular weight is 257 g/mol. The summed E-state index contributed by atoms with van der Waals surface area (Å²) in [7, 11) is 0. The van der Waals surface area contributed by atoms with Crippen LogP contribution in [-0.4, -0.2) is 48.8 Å². The van der Waals surface area contributed by atoms with Crippen LogP contribution in [0.15, 0.2) is 0 Å². The van der Waals surface area contributed by atoms with Crippen LogP contribution in [0.1, 0.15) is 47.0 Å². The van der Waals surface area contributed by atoms with E-state index in [0.29, 0.717) is 19.6 Å². The van der Waals surface area contributed by atoms with Crippen molar-refractivity contribution in [2.75, 3.05) is 19.8 Å². The van der Waals surface area contributed by atoms with Crippen LogP contribution in [0.25, 0.3) is 0 Å². The second kappa shape index (κ2) is 7.74. The smallest absolute Gasteiger partial charge is 0.225 e. The lowest BCUT2D eigenvalue weighted by Gasteiger charge is -2.25. The molecular formula is C14H27NO3. The van der Waals surface area contributed by atoms with Crippen LogP contribution in [-0.2, 0) is 14.3 Å². The Morgan fingerprint density at radius 1 is 1.22 bits per heavy atom. The molecule has 0 N–H and O–H groups in total. The molecular weight excluding hydrogens is 230 g/mol. The van der Waals surface area contributed by atoms with E-state index in [1.807, 2.05) is 32.6 Å². The maximum absolute atomic E-state index is 12.1. The minimum atomic E-state index is 0.191. The number of rotatable bonds is 7. The maximum Gasteiger partial charge on any atom is 0.225 e. The zero-order valence-corrected chi connectivity index (χ0v) is 12.1. The third-order valence-corrected chi connectivity index (χ3v) is 3.09. The summed E-state index contributed by atoms with van der Waals surface area (Å²) in [5, 5.41) is 0. The molecule has 1 aliphatic rings. The van der Waals surface area contributed by atoms with Crippen molar-refractivity contribution in [2.45, 2.75) is 65.2 Å². The minimum absolute atomic E-state index is 0.191. The van der Waals surface area contributed by atoms with E-state index in [2.05, 4.69) is 0 Å². The van der Waals surface area contributed by atoms with Gasteiger partial charge in [-0.25, -0.2) is 0 Å². The van der Waals surface area contributed by atoms with Crippen molar-refractivity contribution in [1.82, 2.24) is 4.90 Å². The molecule has 0 aromatic heterocycles. The third-order valence-electron chi connectivity index (χ3n) is 3.09. The van der Waals surface area contributed by atoms with Crippen molar-refractivity contribution in [3.63, 3.8) is 0 Å². The van der Waals surface area contributed by atoms with Crippen LogP contribution in [0.4, 0.5) is 0 Å². The largest absolute Gasteiger partial charge is 0.378 e. The summed E-state index contributed by atoms with van der Waals surface area (Å²) >= 11 is 0. The molecule has 18 heavy (non-hydrogen) atoms. The van der Waals surface area contributed by atoms with Crippen molar-refractivity contribution in [2.24, 2.45) is 0 Å². The van der Waals surface area contributed by atoms with Gasteiger partial charge in [0.1, 0.15) is 0 Å². The second-order valence-corrected chi connectivity index (χ2v) is 5.43. The average Bonchev–Trinajstić information content (AvgIpc) is 2.73. The summed E-state index contributed by atoms with van der Waals surface area (Å²) in [6, 6.07) is 0.263. The monoisotopic (exact) mass is 257 g/mol. The molecule has 0 aromatic carbocycles. The van der Waals surface area contributed by atoms with Gasteiger partial charge < -0.3 is 14.4 Å². The molecule has 1 rings (SSSR count). The first-order chi connectivity index (χ1) is 8.50. The van der Waals surface area contributed by atoms with Crippen LogP contribution >= 0.6 is 0 Å². The van der Waals surface area contributed by atoms with E-state index in [4.69, 9.17) is 9.47 Å². The summed E-state index contributed by atoms with van der Waals surface area (Å²) in [6.45, 7) is 10.1. The van der Waals surface area contributed by atoms with Crippen LogP contribution in [0.2, 0.25) is 0 Å². The molecule has 0 radical (unpaired) electrons. The summed E-state index contributed by atoms with van der Waals surface area (Å²) in [4.78, 5) is 14.0. The number of carbonyl (C=O) groups excluding carboxylic acids is 1. The van der Waals surface area contributed by atoms with Crippen LogP contribution in [0.5, 0.6) is 0 Å². The fourth-order valence-electron chi connectivity index (χ4n) is 2.17. The van der Waals surface area contributed by atoms with Crippen molar-refractivity contribution >= 4 is 5.91 Å². The highest BCUT2D eigenvalue weighted by Crippen LogP contribution is 2.19. The molecule has 106 valence electrons. The van der Waals surface area contributed by atoms with Gasteiger partial charge in [0.15, 0.2) is 0 Å². The zero-order valence-electron chi connectivity index (χ0n) is 12.1. The Morgan fingerprint density at radius 2 is 1.89 bits per heavy atom. The van der Waals surface area contributed by atoms with Gasteiger partial charge in [-0.2, -0.15) is 0 Å². The molecule has 1 saturated heterocycles. The number of nitrogens with zero attached hydrogens (tertiary/aromatic N) is 1. The molecule has 1 aliphatic heterocycles. The lowest BCUT2D eigenvalue weighted by atomic mass is 10.2. The number of hydrogen-bond acceptors (Lipinski definition) is 3. The molecule has 1 amide bonds. The van der Waals surface area contributed by atoms with Gasteiger partial charge in [-0.3, -0.25) is 4.79 Å². The van der Waals surface area contributed by atoms with E-state index in [0.717, 1.165) is 19.4 Å². The van der Waals surface area contributed by atoms with Gasteiger partial charge in [0.05, 0.1) is 37.9 Å². The van der Waals surface area contributed by atoms with Gasteiger partial charge in [0.2, 0.25) is 5.91 Å². The predicted octanol–water partition coefficient (Wildman–Crippen LogP) is 2.22. The molecule has 1 fully saturated rings. The van der Waals surface area contributed by atoms with Gasteiger partial charge in [-0.05, 0) is 40.5 Å². The molecule has 1 atom stereocenters. The number of likely N-dealkylation sites (tertiary alicyclic amines) is 1. The van der Waals surface area contributed by atoms with E-state index in [9.17, 15) is 4.79 Å². The van der Waals surface area contributed by atoms with Crippen LogP contribution in [0, 0.1) is 0 Å². The van der Waals surface area contributed by atoms with Crippen LogP contribution < -0.4 is 0 Å². The molecule has 0 aliphatic carbocycles. The van der Waals surface area contributed by atoms with E-state index in [-0.39, 0.29) is 24.2 Å². The molecule has 4 nitrogen and oxygen atoms in total. The Morgan fingerprint density at radius 3 is 2.50 bits per heavy atom. The lowest BCUT2D eigenvalue weighted by Crippen LogP contribution is -2.39. The lowest BCUT2D eigenvalue weighted by molar-refractivity contribution is -0.134. The zero-order chi connectivity index (χ0) is 13.5. The van der Waals surface area contributed by atoms with Crippen molar-refractivity contribution < 1.29 is 14.3 Å². The Labute approximate surface area is 111 Å². The highest BCUT2D eigenvalue weighted by molar-refractivity contribution is 5.76. The highest BCUT2D eigenvalue weighted by Gasteiger charge is 2.28. The van der Waals surface area contributed by atoms with Gasteiger partial charge >= 0.3 is 0 Å². The molecule has 0 spiro atoms. The fraction of sp³-hybridized carbons (Fsp3) is 0.929. The van der Waals surface area contributed by atoms with Crippen molar-refractivity contribution in [3.8, 4) is 0 Å². The summed E-state index contributed by atoms with van der Waals surface area (Å²) in [6.07, 6.45) is 3.05. The van der Waals surface area contributed by atoms with E-state index < -0.39 is 0 Å². The van der Waals surface area contributed by atoms with Crippen LogP contribution in [0.3, 0.4) is 0 Å². The first-order valence-corrected chi connectivity index (χ1v) is 7.03. The summed E-state index contributed by atoms with van der Waals surface area (Å²) in [5.41, 5.74) is 0. The number of carbonyl (C=O) groups is 1. The first-order valence-electron chi connectivity index (χ1n) is 7.03. The molecule has 0 aromatic rings. The second-order valence-electron chi connectivity index (χ2n) is 5.43. The Bertz CT molecular complexity index is 253.